The maximum Gasteiger partial charge on any atom is 0.197 e. The molecule has 4 aromatic carbocycles. The molecule has 1 aliphatic heterocycles. The quantitative estimate of drug-likeness (QED) is 0.329. The molecule has 148 valence electrons. The van der Waals surface area contributed by atoms with E-state index in [1.54, 1.807) is 0 Å². The molecular weight excluding hydrogens is 359 g/mol. The van der Waals surface area contributed by atoms with Crippen LogP contribution in [-0.2, 0) is 10.6 Å². The zero-order valence-electron chi connectivity index (χ0n) is 18.7. The van der Waals surface area contributed by atoms with Gasteiger partial charge in [-0.1, -0.05) is 118 Å². The molecule has 0 aliphatic carbocycles. The van der Waals surface area contributed by atoms with E-state index >= 15 is 0 Å². The first kappa shape index (κ1) is 19.2. The lowest BCUT2D eigenvalue weighted by Gasteiger charge is -2.49. The van der Waals surface area contributed by atoms with Crippen LogP contribution in [0.15, 0.2) is 84.9 Å². The lowest BCUT2D eigenvalue weighted by molar-refractivity contribution is 0.633. The molecule has 1 heterocycles. The van der Waals surface area contributed by atoms with Crippen LogP contribution in [0.2, 0.25) is 0 Å². The van der Waals surface area contributed by atoms with Gasteiger partial charge < -0.3 is 0 Å². The molecule has 0 fully saturated rings. The number of aryl methyl sites for hydroxylation is 1. The maximum atomic E-state index is 2.46. The lowest BCUT2D eigenvalue weighted by atomic mass is 9.17. The minimum Gasteiger partial charge on any atom is -0.0705 e. The van der Waals surface area contributed by atoms with Crippen LogP contribution in [0.25, 0.3) is 21.9 Å². The minimum atomic E-state index is 0.00628. The van der Waals surface area contributed by atoms with Crippen molar-refractivity contribution in [3.63, 3.8) is 0 Å². The second-order valence-electron chi connectivity index (χ2n) is 9.99. The highest BCUT2D eigenvalue weighted by atomic mass is 14.4. The van der Waals surface area contributed by atoms with Crippen LogP contribution < -0.4 is 5.46 Å². The topological polar surface area (TPSA) is 0 Å². The molecule has 0 nitrogen and oxygen atoms in total. The monoisotopic (exact) mass is 388 g/mol. The van der Waals surface area contributed by atoms with E-state index in [4.69, 9.17) is 0 Å². The predicted octanol–water partition coefficient (Wildman–Crippen LogP) is 6.86. The second-order valence-corrected chi connectivity index (χ2v) is 9.99. The molecule has 1 heteroatoms. The van der Waals surface area contributed by atoms with Crippen molar-refractivity contribution in [3.05, 3.63) is 102 Å². The van der Waals surface area contributed by atoms with E-state index in [1.165, 1.54) is 44.1 Å². The molecule has 4 aromatic rings. The van der Waals surface area contributed by atoms with Gasteiger partial charge in [-0.25, -0.2) is 0 Å². The third kappa shape index (κ3) is 2.61. The van der Waals surface area contributed by atoms with E-state index in [2.05, 4.69) is 120 Å². The van der Waals surface area contributed by atoms with Gasteiger partial charge in [-0.15, -0.1) is 0 Å². The Morgan fingerprint density at radius 3 is 2.10 bits per heavy atom. The van der Waals surface area contributed by atoms with Crippen molar-refractivity contribution < 1.29 is 0 Å². The molecule has 0 aromatic heterocycles. The summed E-state index contributed by atoms with van der Waals surface area (Å²) < 4.78 is 0. The summed E-state index contributed by atoms with van der Waals surface area (Å²) in [7, 11) is 0. The van der Waals surface area contributed by atoms with Crippen molar-refractivity contribution in [1.29, 1.82) is 0 Å². The Morgan fingerprint density at radius 1 is 0.633 bits per heavy atom. The van der Waals surface area contributed by atoms with Crippen LogP contribution in [0.1, 0.15) is 44.4 Å². The van der Waals surface area contributed by atoms with Gasteiger partial charge in [0.15, 0.2) is 6.71 Å². The molecule has 0 amide bonds. The fourth-order valence-electron chi connectivity index (χ4n) is 6.46. The first-order valence-electron chi connectivity index (χ1n) is 11.0. The number of hydrogen-bond acceptors (Lipinski definition) is 0. The first-order valence-corrected chi connectivity index (χ1v) is 11.0. The van der Waals surface area contributed by atoms with E-state index < -0.39 is 0 Å². The average molecular weight is 388 g/mol. The number of rotatable bonds is 2. The van der Waals surface area contributed by atoms with Gasteiger partial charge in [0.25, 0.3) is 0 Å². The van der Waals surface area contributed by atoms with Crippen molar-refractivity contribution in [2.45, 2.75) is 45.2 Å². The smallest absolute Gasteiger partial charge is 0.0705 e. The SMILES string of the molecule is Cc1ccc2cccc3c2c1C(C)(C)B(c1ccccc1-c1ccccc1)C3(C)C. The fourth-order valence-corrected chi connectivity index (χ4v) is 6.46. The average Bonchev–Trinajstić information content (AvgIpc) is 2.73. The third-order valence-electron chi connectivity index (χ3n) is 7.39. The zero-order chi connectivity index (χ0) is 21.1. The van der Waals surface area contributed by atoms with Crippen LogP contribution >= 0.6 is 0 Å². The Kier molecular flexibility index (Phi) is 4.22. The normalized spacial score (nSPS) is 16.6. The Bertz CT molecular complexity index is 1250. The van der Waals surface area contributed by atoms with Crippen LogP contribution in [0.4, 0.5) is 0 Å². The Labute approximate surface area is 181 Å². The van der Waals surface area contributed by atoms with Gasteiger partial charge >= 0.3 is 0 Å². The van der Waals surface area contributed by atoms with Crippen LogP contribution in [0.5, 0.6) is 0 Å². The summed E-state index contributed by atoms with van der Waals surface area (Å²) in [5.74, 6) is 0. The van der Waals surface area contributed by atoms with E-state index in [-0.39, 0.29) is 10.6 Å². The van der Waals surface area contributed by atoms with E-state index in [1.807, 2.05) is 0 Å². The van der Waals surface area contributed by atoms with Crippen molar-refractivity contribution >= 4 is 22.9 Å². The van der Waals surface area contributed by atoms with Gasteiger partial charge in [0.2, 0.25) is 0 Å². The minimum absolute atomic E-state index is 0.00628. The molecular formula is C29H29B. The highest BCUT2D eigenvalue weighted by molar-refractivity contribution is 6.80. The molecule has 5 rings (SSSR count). The van der Waals surface area contributed by atoms with Gasteiger partial charge in [-0.05, 0) is 56.1 Å². The molecule has 0 bridgehead atoms. The van der Waals surface area contributed by atoms with Crippen molar-refractivity contribution in [2.75, 3.05) is 0 Å². The van der Waals surface area contributed by atoms with Gasteiger partial charge in [0.1, 0.15) is 0 Å². The molecule has 0 radical (unpaired) electrons. The molecule has 0 N–H and O–H groups in total. The molecule has 0 saturated carbocycles. The summed E-state index contributed by atoms with van der Waals surface area (Å²) in [4.78, 5) is 0. The van der Waals surface area contributed by atoms with E-state index in [0.717, 1.165) is 0 Å². The standard InChI is InChI=1S/C29H29B/c1-20-18-19-22-14-11-16-24-26(22)27(20)29(4,5)30(28(24,2)3)25-17-10-9-15-23(25)21-12-7-6-8-13-21/h6-19H,1-5H3. The molecule has 0 unspecified atom stereocenters. The van der Waals surface area contributed by atoms with Crippen molar-refractivity contribution in [2.24, 2.45) is 0 Å². The molecule has 0 spiro atoms. The third-order valence-corrected chi connectivity index (χ3v) is 7.39. The van der Waals surface area contributed by atoms with Crippen molar-refractivity contribution in [3.8, 4) is 11.1 Å². The Hall–Kier alpha value is -2.80. The van der Waals surface area contributed by atoms with Crippen LogP contribution in [0, 0.1) is 6.92 Å². The molecule has 0 atom stereocenters. The lowest BCUT2D eigenvalue weighted by Crippen LogP contribution is -2.61. The second kappa shape index (κ2) is 6.60. The van der Waals surface area contributed by atoms with Gasteiger partial charge in [-0.3, -0.25) is 0 Å². The Morgan fingerprint density at radius 2 is 1.33 bits per heavy atom. The van der Waals surface area contributed by atoms with Crippen LogP contribution in [-0.4, -0.2) is 6.71 Å². The van der Waals surface area contributed by atoms with E-state index in [9.17, 15) is 0 Å². The van der Waals surface area contributed by atoms with Crippen molar-refractivity contribution in [1.82, 2.24) is 0 Å². The Balaban J connectivity index is 1.85. The predicted molar refractivity (Wildman–Crippen MR) is 132 cm³/mol. The largest absolute Gasteiger partial charge is 0.197 e. The summed E-state index contributed by atoms with van der Waals surface area (Å²) >= 11 is 0. The molecule has 1 aliphatic rings. The van der Waals surface area contributed by atoms with Crippen LogP contribution in [0.3, 0.4) is 0 Å². The highest BCUT2D eigenvalue weighted by Gasteiger charge is 2.52. The van der Waals surface area contributed by atoms with E-state index in [0.29, 0.717) is 6.71 Å². The summed E-state index contributed by atoms with van der Waals surface area (Å²) in [6.45, 7) is 12.5. The number of benzene rings is 4. The fraction of sp³-hybridized carbons (Fsp3) is 0.241. The van der Waals surface area contributed by atoms with Gasteiger partial charge in [0.05, 0.1) is 0 Å². The number of hydrogen-bond donors (Lipinski definition) is 0. The maximum absolute atomic E-state index is 2.46. The molecule has 0 saturated heterocycles. The summed E-state index contributed by atoms with van der Waals surface area (Å²) in [6.07, 6.45) is 0. The molecule has 30 heavy (non-hydrogen) atoms. The summed E-state index contributed by atoms with van der Waals surface area (Å²) in [5.41, 5.74) is 8.50. The van der Waals surface area contributed by atoms with Gasteiger partial charge in [-0.2, -0.15) is 0 Å². The summed E-state index contributed by atoms with van der Waals surface area (Å²) in [6, 6.07) is 31.4. The first-order chi connectivity index (χ1) is 14.3. The van der Waals surface area contributed by atoms with Gasteiger partial charge in [0, 0.05) is 0 Å². The zero-order valence-corrected chi connectivity index (χ0v) is 18.7. The highest BCUT2D eigenvalue weighted by Crippen LogP contribution is 2.49. The summed E-state index contributed by atoms with van der Waals surface area (Å²) in [5, 5.41) is 2.85.